The van der Waals surface area contributed by atoms with Gasteiger partial charge in [-0.1, -0.05) is 44.2 Å². The molecule has 0 saturated heterocycles. The molecular weight excluding hydrogens is 314 g/mol. The van der Waals surface area contributed by atoms with Gasteiger partial charge in [-0.05, 0) is 18.4 Å². The quantitative estimate of drug-likeness (QED) is 0.865. The first kappa shape index (κ1) is 15.9. The third kappa shape index (κ3) is 2.44. The number of hydrogen-bond acceptors (Lipinski definition) is 4. The van der Waals surface area contributed by atoms with E-state index in [1.54, 1.807) is 11.9 Å². The number of amides is 1. The Hall–Kier alpha value is -2.63. The van der Waals surface area contributed by atoms with Crippen LogP contribution in [-0.4, -0.2) is 46.0 Å². The molecule has 6 nitrogen and oxygen atoms in total. The lowest BCUT2D eigenvalue weighted by atomic mass is 10.1. The lowest BCUT2D eigenvalue weighted by Crippen LogP contribution is -2.49. The summed E-state index contributed by atoms with van der Waals surface area (Å²) in [5.41, 5.74) is 1.81. The molecule has 1 aromatic carbocycles. The van der Waals surface area contributed by atoms with E-state index in [2.05, 4.69) is 30.9 Å². The van der Waals surface area contributed by atoms with Crippen molar-refractivity contribution in [3.63, 3.8) is 0 Å². The number of aryl methyl sites for hydroxylation is 1. The Morgan fingerprint density at radius 2 is 1.96 bits per heavy atom. The molecule has 1 atom stereocenters. The van der Waals surface area contributed by atoms with E-state index < -0.39 is 0 Å². The van der Waals surface area contributed by atoms with Crippen molar-refractivity contribution in [2.24, 2.45) is 10.9 Å². The highest BCUT2D eigenvalue weighted by atomic mass is 16.2. The molecule has 0 saturated carbocycles. The first-order valence-corrected chi connectivity index (χ1v) is 8.71. The second-order valence-corrected chi connectivity index (χ2v) is 7.12. The van der Waals surface area contributed by atoms with Crippen LogP contribution < -0.4 is 4.90 Å². The molecule has 1 amide bonds. The van der Waals surface area contributed by atoms with Crippen molar-refractivity contribution in [3.8, 4) is 0 Å². The molecule has 2 aliphatic heterocycles. The highest BCUT2D eigenvalue weighted by Gasteiger charge is 2.42. The Morgan fingerprint density at radius 1 is 1.24 bits per heavy atom. The predicted molar refractivity (Wildman–Crippen MR) is 98.0 cm³/mol. The zero-order valence-electron chi connectivity index (χ0n) is 15.1. The number of carbonyl (C=O) groups excluding carboxylic acids is 1. The summed E-state index contributed by atoms with van der Waals surface area (Å²) in [4.78, 5) is 26.3. The highest BCUT2D eigenvalue weighted by molar-refractivity contribution is 6.17. The van der Waals surface area contributed by atoms with Crippen LogP contribution >= 0.6 is 0 Å². The van der Waals surface area contributed by atoms with Crippen LogP contribution in [0.4, 0.5) is 5.82 Å². The summed E-state index contributed by atoms with van der Waals surface area (Å²) in [5, 5.41) is 0. The molecular formula is C19H23N5O. The zero-order valence-corrected chi connectivity index (χ0v) is 15.1. The van der Waals surface area contributed by atoms with Crippen LogP contribution in [-0.2, 0) is 6.54 Å². The zero-order chi connectivity index (χ0) is 17.7. The van der Waals surface area contributed by atoms with Crippen LogP contribution in [0, 0.1) is 12.8 Å². The third-order valence-electron chi connectivity index (χ3n) is 5.05. The summed E-state index contributed by atoms with van der Waals surface area (Å²) in [7, 11) is 1.80. The van der Waals surface area contributed by atoms with E-state index in [9.17, 15) is 4.79 Å². The molecule has 0 N–H and O–H groups in total. The van der Waals surface area contributed by atoms with E-state index in [-0.39, 0.29) is 11.9 Å². The van der Waals surface area contributed by atoms with Crippen LogP contribution in [0.3, 0.4) is 0 Å². The molecule has 0 bridgehead atoms. The van der Waals surface area contributed by atoms with Gasteiger partial charge in [-0.2, -0.15) is 0 Å². The van der Waals surface area contributed by atoms with E-state index in [0.29, 0.717) is 18.2 Å². The molecule has 130 valence electrons. The molecule has 25 heavy (non-hydrogen) atoms. The van der Waals surface area contributed by atoms with Crippen LogP contribution in [0.25, 0.3) is 0 Å². The number of hydrogen-bond donors (Lipinski definition) is 0. The van der Waals surface area contributed by atoms with Gasteiger partial charge in [0.05, 0.1) is 12.6 Å². The van der Waals surface area contributed by atoms with Gasteiger partial charge in [0.15, 0.2) is 11.5 Å². The van der Waals surface area contributed by atoms with E-state index in [0.717, 1.165) is 29.7 Å². The molecule has 2 aliphatic rings. The van der Waals surface area contributed by atoms with Crippen molar-refractivity contribution < 1.29 is 4.79 Å². The maximum Gasteiger partial charge on any atom is 0.280 e. The third-order valence-corrected chi connectivity index (χ3v) is 5.05. The highest BCUT2D eigenvalue weighted by Crippen LogP contribution is 2.33. The maximum absolute atomic E-state index is 13.0. The molecule has 4 rings (SSSR count). The standard InChI is InChI=1S/C19H23N5O/c1-12(2)15-11-24-17-16(18(25)22(4)19(24)21-15)23(13(3)20-17)10-14-8-6-5-7-9-14/h5-9,12,15H,10-11H2,1-4H3/t15-/m1/s1. The second-order valence-electron chi connectivity index (χ2n) is 7.12. The van der Waals surface area contributed by atoms with Crippen LogP contribution in [0.1, 0.15) is 35.7 Å². The van der Waals surface area contributed by atoms with Crippen molar-refractivity contribution in [3.05, 3.63) is 47.4 Å². The monoisotopic (exact) mass is 337 g/mol. The summed E-state index contributed by atoms with van der Waals surface area (Å²) in [6.07, 6.45) is 0. The number of guanidine groups is 1. The fourth-order valence-electron chi connectivity index (χ4n) is 3.49. The molecule has 2 aromatic rings. The van der Waals surface area contributed by atoms with Crippen LogP contribution in [0.15, 0.2) is 35.3 Å². The lowest BCUT2D eigenvalue weighted by Gasteiger charge is -2.31. The van der Waals surface area contributed by atoms with Gasteiger partial charge in [-0.25, -0.2) is 9.98 Å². The number of fused-ring (bicyclic) bond motifs is 3. The molecule has 0 unspecified atom stereocenters. The lowest BCUT2D eigenvalue weighted by molar-refractivity contribution is 0.0855. The topological polar surface area (TPSA) is 53.7 Å². The Labute approximate surface area is 147 Å². The fourth-order valence-corrected chi connectivity index (χ4v) is 3.49. The number of rotatable bonds is 3. The Bertz CT molecular complexity index is 852. The van der Waals surface area contributed by atoms with Gasteiger partial charge >= 0.3 is 0 Å². The molecule has 1 aromatic heterocycles. The first-order chi connectivity index (χ1) is 12.0. The first-order valence-electron chi connectivity index (χ1n) is 8.71. The van der Waals surface area contributed by atoms with E-state index in [4.69, 9.17) is 9.98 Å². The van der Waals surface area contributed by atoms with Crippen molar-refractivity contribution in [2.75, 3.05) is 18.5 Å². The predicted octanol–water partition coefficient (Wildman–Crippen LogP) is 2.53. The van der Waals surface area contributed by atoms with Crippen molar-refractivity contribution in [1.82, 2.24) is 14.5 Å². The largest absolute Gasteiger partial charge is 0.318 e. The van der Waals surface area contributed by atoms with Gasteiger partial charge in [0.2, 0.25) is 5.96 Å². The van der Waals surface area contributed by atoms with Gasteiger partial charge in [0.25, 0.3) is 5.91 Å². The number of aliphatic imine (C=N–C) groups is 1. The van der Waals surface area contributed by atoms with Gasteiger partial charge in [0, 0.05) is 13.6 Å². The van der Waals surface area contributed by atoms with Crippen molar-refractivity contribution in [1.29, 1.82) is 0 Å². The molecule has 0 fully saturated rings. The average molecular weight is 337 g/mol. The summed E-state index contributed by atoms with van der Waals surface area (Å²) in [6.45, 7) is 7.70. The summed E-state index contributed by atoms with van der Waals surface area (Å²) < 4.78 is 2.02. The van der Waals surface area contributed by atoms with E-state index in [1.807, 2.05) is 29.7 Å². The summed E-state index contributed by atoms with van der Waals surface area (Å²) in [6, 6.07) is 10.4. The van der Waals surface area contributed by atoms with Gasteiger partial charge in [0.1, 0.15) is 5.82 Å². The summed E-state index contributed by atoms with van der Waals surface area (Å²) >= 11 is 0. The smallest absolute Gasteiger partial charge is 0.280 e. The molecule has 0 spiro atoms. The van der Waals surface area contributed by atoms with Crippen molar-refractivity contribution in [2.45, 2.75) is 33.4 Å². The minimum Gasteiger partial charge on any atom is -0.318 e. The van der Waals surface area contributed by atoms with Crippen molar-refractivity contribution >= 4 is 17.7 Å². The molecule has 6 heteroatoms. The van der Waals surface area contributed by atoms with E-state index in [1.165, 1.54) is 0 Å². The molecule has 0 radical (unpaired) electrons. The Balaban J connectivity index is 1.78. The number of carbonyl (C=O) groups is 1. The Kier molecular flexibility index (Phi) is 3.63. The number of imidazole rings is 1. The number of nitrogens with zero attached hydrogens (tertiary/aromatic N) is 5. The maximum atomic E-state index is 13.0. The average Bonchev–Trinajstić information content (AvgIpc) is 3.17. The molecule has 3 heterocycles. The second kappa shape index (κ2) is 5.72. The van der Waals surface area contributed by atoms with Gasteiger partial charge in [-0.15, -0.1) is 0 Å². The van der Waals surface area contributed by atoms with Gasteiger partial charge < -0.3 is 4.57 Å². The van der Waals surface area contributed by atoms with Gasteiger partial charge in [-0.3, -0.25) is 14.6 Å². The minimum absolute atomic E-state index is 0.0362. The minimum atomic E-state index is -0.0362. The van der Waals surface area contributed by atoms with E-state index >= 15 is 0 Å². The van der Waals surface area contributed by atoms with Crippen LogP contribution in [0.5, 0.6) is 0 Å². The number of anilines is 1. The molecule has 0 aliphatic carbocycles. The van der Waals surface area contributed by atoms with Crippen LogP contribution in [0.2, 0.25) is 0 Å². The SMILES string of the molecule is Cc1nc2c(n1Cc1ccccc1)C(=O)N(C)C1=N[C@@H](C(C)C)CN12. The normalized spacial score (nSPS) is 19.3. The number of benzene rings is 1. The number of aromatic nitrogens is 2. The summed E-state index contributed by atoms with van der Waals surface area (Å²) in [5.74, 6) is 2.72. The Morgan fingerprint density at radius 3 is 2.64 bits per heavy atom. The fraction of sp³-hybridized carbons (Fsp3) is 0.421.